The van der Waals surface area contributed by atoms with Crippen LogP contribution in [0.1, 0.15) is 32.1 Å². The highest BCUT2D eigenvalue weighted by Crippen LogP contribution is 2.09. The van der Waals surface area contributed by atoms with Crippen molar-refractivity contribution in [1.82, 2.24) is 4.57 Å². The predicted octanol–water partition coefficient (Wildman–Crippen LogP) is 0.783. The number of nitrogens with zero attached hydrogens (tertiary/aromatic N) is 1. The largest absolute Gasteiger partial charge is 0.451 e. The van der Waals surface area contributed by atoms with Gasteiger partial charge in [-0.3, -0.25) is 0 Å². The molecule has 1 aliphatic carbocycles. The molecule has 1 aromatic rings. The van der Waals surface area contributed by atoms with Crippen molar-refractivity contribution in [3.8, 4) is 0 Å². The van der Waals surface area contributed by atoms with E-state index in [4.69, 9.17) is 10.0 Å². The molecule has 0 atom stereocenters. The van der Waals surface area contributed by atoms with Crippen molar-refractivity contribution in [3.05, 3.63) is 22.8 Å². The van der Waals surface area contributed by atoms with Crippen molar-refractivity contribution in [3.63, 3.8) is 0 Å². The molecule has 18 heavy (non-hydrogen) atoms. The van der Waals surface area contributed by atoms with Gasteiger partial charge in [-0.1, -0.05) is 18.9 Å². The highest BCUT2D eigenvalue weighted by Gasteiger charge is 2.07. The molecule has 98 valence electrons. The van der Waals surface area contributed by atoms with Crippen molar-refractivity contribution < 1.29 is 14.4 Å². The Hall–Kier alpha value is -1.07. The summed E-state index contributed by atoms with van der Waals surface area (Å²) in [5, 5.41) is 19.2. The first-order chi connectivity index (χ1) is 8.68. The standard InChI is InChI=1S/C13H19BFNO2/c15-12-5-4-6-13-11(12)7-10-16(13)9-3-1-2-8-14(17)18/h6-7,10,17-18H,1-5,8-9H2. The lowest BCUT2D eigenvalue weighted by molar-refractivity contribution is 0.401. The molecule has 1 heterocycles. The van der Waals surface area contributed by atoms with Gasteiger partial charge in [0.15, 0.2) is 0 Å². The van der Waals surface area contributed by atoms with Gasteiger partial charge >= 0.3 is 7.12 Å². The molecular formula is C13H19BFNO2. The summed E-state index contributed by atoms with van der Waals surface area (Å²) < 4.78 is 15.6. The SMILES string of the molecule is OB(O)CCCCCn1ccc2c1=CCCC=2F. The fourth-order valence-electron chi connectivity index (χ4n) is 2.39. The van der Waals surface area contributed by atoms with E-state index in [-0.39, 0.29) is 5.83 Å². The minimum Gasteiger partial charge on any atom is -0.427 e. The van der Waals surface area contributed by atoms with Gasteiger partial charge in [-0.2, -0.15) is 0 Å². The number of unbranched alkanes of at least 4 members (excludes halogenated alkanes) is 2. The molecule has 1 aromatic heterocycles. The van der Waals surface area contributed by atoms with E-state index in [1.54, 1.807) is 0 Å². The summed E-state index contributed by atoms with van der Waals surface area (Å²) in [4.78, 5) is 0. The molecule has 0 spiro atoms. The van der Waals surface area contributed by atoms with Crippen LogP contribution in [-0.4, -0.2) is 21.7 Å². The number of hydrogen-bond acceptors (Lipinski definition) is 2. The summed E-state index contributed by atoms with van der Waals surface area (Å²) in [5.41, 5.74) is 0. The van der Waals surface area contributed by atoms with E-state index in [1.807, 2.05) is 12.3 Å². The van der Waals surface area contributed by atoms with Gasteiger partial charge in [0.2, 0.25) is 0 Å². The van der Waals surface area contributed by atoms with Gasteiger partial charge in [0.05, 0.1) is 0 Å². The van der Waals surface area contributed by atoms with Crippen LogP contribution in [-0.2, 0) is 6.54 Å². The van der Waals surface area contributed by atoms with Crippen LogP contribution in [0.15, 0.2) is 12.3 Å². The molecule has 0 aromatic carbocycles. The van der Waals surface area contributed by atoms with Gasteiger partial charge < -0.3 is 14.6 Å². The molecule has 2 rings (SSSR count). The smallest absolute Gasteiger partial charge is 0.427 e. The Balaban J connectivity index is 1.90. The van der Waals surface area contributed by atoms with Crippen molar-refractivity contribution in [2.75, 3.05) is 0 Å². The van der Waals surface area contributed by atoms with Crippen molar-refractivity contribution >= 4 is 19.0 Å². The van der Waals surface area contributed by atoms with E-state index < -0.39 is 7.12 Å². The van der Waals surface area contributed by atoms with Crippen LogP contribution in [0, 0.1) is 0 Å². The van der Waals surface area contributed by atoms with E-state index in [0.717, 1.165) is 42.8 Å². The molecule has 0 aliphatic heterocycles. The first-order valence-electron chi connectivity index (χ1n) is 6.58. The normalized spacial score (nSPS) is 14.3. The fourth-order valence-corrected chi connectivity index (χ4v) is 2.39. The maximum Gasteiger partial charge on any atom is 0.451 e. The maximum absolute atomic E-state index is 13.5. The van der Waals surface area contributed by atoms with Crippen molar-refractivity contribution in [1.29, 1.82) is 0 Å². The summed E-state index contributed by atoms with van der Waals surface area (Å²) >= 11 is 0. The van der Waals surface area contributed by atoms with Gasteiger partial charge in [0, 0.05) is 29.7 Å². The van der Waals surface area contributed by atoms with Crippen molar-refractivity contribution in [2.45, 2.75) is 45.0 Å². The lowest BCUT2D eigenvalue weighted by Gasteiger charge is -2.06. The zero-order chi connectivity index (χ0) is 13.0. The van der Waals surface area contributed by atoms with Crippen LogP contribution in [0.4, 0.5) is 4.39 Å². The Morgan fingerprint density at radius 2 is 2.11 bits per heavy atom. The molecule has 0 bridgehead atoms. The number of aromatic nitrogens is 1. The minimum absolute atomic E-state index is 0.00495. The second kappa shape index (κ2) is 6.20. The molecule has 0 unspecified atom stereocenters. The molecule has 0 radical (unpaired) electrons. The zero-order valence-electron chi connectivity index (χ0n) is 10.5. The molecule has 0 saturated carbocycles. The summed E-state index contributed by atoms with van der Waals surface area (Å²) in [6.45, 7) is 0.862. The van der Waals surface area contributed by atoms with Crippen LogP contribution < -0.4 is 10.6 Å². The third-order valence-electron chi connectivity index (χ3n) is 3.36. The lowest BCUT2D eigenvalue weighted by Crippen LogP contribution is -2.32. The summed E-state index contributed by atoms with van der Waals surface area (Å²) in [6, 6.07) is 1.85. The Labute approximate surface area is 106 Å². The molecular weight excluding hydrogens is 232 g/mol. The second-order valence-electron chi connectivity index (χ2n) is 4.79. The Bertz CT molecular complexity index is 510. The van der Waals surface area contributed by atoms with E-state index in [1.165, 1.54) is 0 Å². The second-order valence-corrected chi connectivity index (χ2v) is 4.79. The van der Waals surface area contributed by atoms with Crippen LogP contribution in [0.5, 0.6) is 0 Å². The van der Waals surface area contributed by atoms with Gasteiger partial charge in [0.1, 0.15) is 5.83 Å². The van der Waals surface area contributed by atoms with Gasteiger partial charge in [-0.25, -0.2) is 4.39 Å². The summed E-state index contributed by atoms with van der Waals surface area (Å²) in [6.07, 6.45) is 8.50. The monoisotopic (exact) mass is 251 g/mol. The quantitative estimate of drug-likeness (QED) is 0.579. The zero-order valence-corrected chi connectivity index (χ0v) is 10.5. The van der Waals surface area contributed by atoms with Crippen LogP contribution in [0.3, 0.4) is 0 Å². The Morgan fingerprint density at radius 3 is 2.89 bits per heavy atom. The molecule has 0 fully saturated rings. The van der Waals surface area contributed by atoms with Crippen molar-refractivity contribution in [2.24, 2.45) is 0 Å². The maximum atomic E-state index is 13.5. The third-order valence-corrected chi connectivity index (χ3v) is 3.36. The average molecular weight is 251 g/mol. The Morgan fingerprint density at radius 1 is 1.28 bits per heavy atom. The topological polar surface area (TPSA) is 45.4 Å². The number of aryl methyl sites for hydroxylation is 1. The summed E-state index contributed by atoms with van der Waals surface area (Å²) in [7, 11) is -1.19. The van der Waals surface area contributed by atoms with E-state index >= 15 is 0 Å². The Kier molecular flexibility index (Phi) is 4.61. The van der Waals surface area contributed by atoms with E-state index in [2.05, 4.69) is 10.6 Å². The van der Waals surface area contributed by atoms with Gasteiger partial charge in [-0.05, 0) is 25.2 Å². The molecule has 0 amide bonds. The first kappa shape index (κ1) is 13.4. The molecule has 5 heteroatoms. The van der Waals surface area contributed by atoms with Crippen LogP contribution in [0.25, 0.3) is 11.9 Å². The minimum atomic E-state index is -1.19. The van der Waals surface area contributed by atoms with Crippen LogP contribution in [0.2, 0.25) is 6.32 Å². The molecule has 1 aliphatic rings. The highest BCUT2D eigenvalue weighted by molar-refractivity contribution is 6.40. The highest BCUT2D eigenvalue weighted by atomic mass is 19.1. The van der Waals surface area contributed by atoms with Gasteiger partial charge in [0.25, 0.3) is 0 Å². The predicted molar refractivity (Wildman–Crippen MR) is 70.7 cm³/mol. The summed E-state index contributed by atoms with van der Waals surface area (Å²) in [5.74, 6) is -0.00495. The molecule has 0 saturated heterocycles. The van der Waals surface area contributed by atoms with Gasteiger partial charge in [-0.15, -0.1) is 0 Å². The van der Waals surface area contributed by atoms with Crippen LogP contribution >= 0.6 is 0 Å². The number of rotatable bonds is 6. The molecule has 3 nitrogen and oxygen atoms in total. The van der Waals surface area contributed by atoms with E-state index in [9.17, 15) is 4.39 Å². The third kappa shape index (κ3) is 3.24. The molecule has 2 N–H and O–H groups in total. The fraction of sp³-hybridized carbons (Fsp3) is 0.538. The number of hydrogen-bond donors (Lipinski definition) is 2. The lowest BCUT2D eigenvalue weighted by atomic mass is 9.83. The number of halogens is 1. The first-order valence-corrected chi connectivity index (χ1v) is 6.58. The number of fused-ring (bicyclic) bond motifs is 1. The van der Waals surface area contributed by atoms with E-state index in [0.29, 0.717) is 12.7 Å². The average Bonchev–Trinajstić information content (AvgIpc) is 2.73.